The molecular weight excluding hydrogens is 468 g/mol. The number of pyridine rings is 1. The molecule has 0 radical (unpaired) electrons. The zero-order chi connectivity index (χ0) is 25.2. The van der Waals surface area contributed by atoms with Crippen LogP contribution in [-0.2, 0) is 9.47 Å². The fourth-order valence-electron chi connectivity index (χ4n) is 11.0. The largest absolute Gasteiger partial charge is 0.380 e. The van der Waals surface area contributed by atoms with Crippen molar-refractivity contribution >= 4 is 10.8 Å². The van der Waals surface area contributed by atoms with Crippen LogP contribution in [0.1, 0.15) is 82.6 Å². The maximum atomic E-state index is 7.67. The number of rotatable bonds is 2. The number of likely N-dealkylation sites (tertiary alicyclic amines) is 1. The van der Waals surface area contributed by atoms with E-state index in [2.05, 4.69) is 47.1 Å². The summed E-state index contributed by atoms with van der Waals surface area (Å²) in [6.07, 6.45) is 19.7. The number of nitrogens with zero attached hydrogens (tertiary/aromatic N) is 2. The Morgan fingerprint density at radius 1 is 0.974 bits per heavy atom. The van der Waals surface area contributed by atoms with Crippen molar-refractivity contribution in [1.82, 2.24) is 9.88 Å². The topological polar surface area (TPSA) is 34.6 Å². The second-order valence-corrected chi connectivity index (χ2v) is 14.7. The number of aromatic nitrogens is 1. The van der Waals surface area contributed by atoms with E-state index in [9.17, 15) is 0 Å². The summed E-state index contributed by atoms with van der Waals surface area (Å²) in [5.41, 5.74) is 4.11. The van der Waals surface area contributed by atoms with Crippen LogP contribution in [0.25, 0.3) is 10.8 Å². The molecule has 0 N–H and O–H groups in total. The summed E-state index contributed by atoms with van der Waals surface area (Å²) in [6, 6.07) is 10.0. The van der Waals surface area contributed by atoms with E-state index in [1.807, 2.05) is 12.4 Å². The molecule has 1 aromatic heterocycles. The highest BCUT2D eigenvalue weighted by Crippen LogP contribution is 2.70. The maximum Gasteiger partial charge on any atom is 0.0915 e. The standard InChI is InChI=1S/C34H42N2O2/c1-31-10-8-27-17-26-4-5-28(36-15-13-32(20-36)21-37-22-32)18-33(26)11-12-34(27,38-33)30(31)7-6-29(31)24-3-2-23-9-14-35-19-25(23)16-24/h2-3,9,14,16-17,19,27-30H,4-8,10-13,15,18,20-22H2,1H3/t27?,28-,29?,30-,31?,33-,34-/m1/s1. The van der Waals surface area contributed by atoms with Crippen LogP contribution in [0.15, 0.2) is 48.3 Å². The molecule has 3 saturated carbocycles. The van der Waals surface area contributed by atoms with E-state index in [4.69, 9.17) is 9.47 Å². The molecule has 0 amide bonds. The van der Waals surface area contributed by atoms with Crippen LogP contribution in [0.5, 0.6) is 0 Å². The first-order valence-electron chi connectivity index (χ1n) is 15.6. The van der Waals surface area contributed by atoms with Gasteiger partial charge in [-0.25, -0.2) is 0 Å². The molecule has 3 saturated heterocycles. The predicted octanol–water partition coefficient (Wildman–Crippen LogP) is 6.65. The molecule has 4 heteroatoms. The quantitative estimate of drug-likeness (QED) is 0.424. The van der Waals surface area contributed by atoms with E-state index in [-0.39, 0.29) is 11.2 Å². The third kappa shape index (κ3) is 2.95. The predicted molar refractivity (Wildman–Crippen MR) is 149 cm³/mol. The van der Waals surface area contributed by atoms with Gasteiger partial charge in [-0.05, 0) is 117 Å². The van der Waals surface area contributed by atoms with E-state index in [1.54, 1.807) is 5.57 Å². The lowest BCUT2D eigenvalue weighted by Crippen LogP contribution is -2.59. The van der Waals surface area contributed by atoms with Gasteiger partial charge in [0.2, 0.25) is 0 Å². The van der Waals surface area contributed by atoms with E-state index in [1.165, 1.54) is 93.6 Å². The Balaban J connectivity index is 1.02. The molecule has 4 nitrogen and oxygen atoms in total. The van der Waals surface area contributed by atoms with Crippen LogP contribution in [0.4, 0.5) is 0 Å². The Kier molecular flexibility index (Phi) is 4.67. The lowest BCUT2D eigenvalue weighted by atomic mass is 9.54. The lowest BCUT2D eigenvalue weighted by Gasteiger charge is -2.58. The van der Waals surface area contributed by atoms with Crippen molar-refractivity contribution < 1.29 is 9.47 Å². The molecule has 3 unspecified atom stereocenters. The molecule has 200 valence electrons. The Bertz CT molecular complexity index is 1330. The normalized spacial score (nSPS) is 44.9. The first kappa shape index (κ1) is 23.0. The van der Waals surface area contributed by atoms with Gasteiger partial charge in [-0.1, -0.05) is 25.1 Å². The number of hydrogen-bond donors (Lipinski definition) is 0. The van der Waals surface area contributed by atoms with Gasteiger partial charge in [-0.2, -0.15) is 0 Å². The van der Waals surface area contributed by atoms with Crippen LogP contribution in [0.3, 0.4) is 0 Å². The average Bonchev–Trinajstić information content (AvgIpc) is 3.61. The zero-order valence-electron chi connectivity index (χ0n) is 23.0. The van der Waals surface area contributed by atoms with Crippen molar-refractivity contribution in [3.63, 3.8) is 0 Å². The van der Waals surface area contributed by atoms with Gasteiger partial charge in [0, 0.05) is 41.7 Å². The van der Waals surface area contributed by atoms with E-state index >= 15 is 0 Å². The van der Waals surface area contributed by atoms with E-state index < -0.39 is 0 Å². The van der Waals surface area contributed by atoms with Crippen molar-refractivity contribution in [2.45, 2.75) is 94.3 Å². The zero-order valence-corrected chi connectivity index (χ0v) is 23.0. The Hall–Kier alpha value is -1.75. The fraction of sp³-hybridized carbons (Fsp3) is 0.676. The van der Waals surface area contributed by atoms with Crippen LogP contribution in [0, 0.1) is 22.7 Å². The average molecular weight is 511 g/mol. The summed E-state index contributed by atoms with van der Waals surface area (Å²) >= 11 is 0. The van der Waals surface area contributed by atoms with Crippen molar-refractivity contribution in [3.8, 4) is 0 Å². The minimum atomic E-state index is 0.0240. The molecular formula is C34H42N2O2. The van der Waals surface area contributed by atoms with Crippen LogP contribution in [0.2, 0.25) is 0 Å². The highest BCUT2D eigenvalue weighted by Gasteiger charge is 2.68. The monoisotopic (exact) mass is 510 g/mol. The summed E-state index contributed by atoms with van der Waals surface area (Å²) in [4.78, 5) is 7.25. The molecule has 3 aliphatic carbocycles. The van der Waals surface area contributed by atoms with Gasteiger partial charge in [0.1, 0.15) is 0 Å². The summed E-state index contributed by atoms with van der Waals surface area (Å²) in [7, 11) is 0. The van der Waals surface area contributed by atoms with Crippen molar-refractivity contribution in [2.75, 3.05) is 26.3 Å². The van der Waals surface area contributed by atoms with Crippen molar-refractivity contribution in [1.29, 1.82) is 0 Å². The summed E-state index contributed by atoms with van der Waals surface area (Å²) in [5, 5.41) is 2.59. The molecule has 1 aromatic carbocycles. The van der Waals surface area contributed by atoms with Crippen LogP contribution in [-0.4, -0.2) is 53.4 Å². The summed E-state index contributed by atoms with van der Waals surface area (Å²) in [5.74, 6) is 1.93. The molecule has 5 heterocycles. The van der Waals surface area contributed by atoms with Gasteiger partial charge >= 0.3 is 0 Å². The van der Waals surface area contributed by atoms with Crippen LogP contribution < -0.4 is 0 Å². The maximum absolute atomic E-state index is 7.67. The minimum Gasteiger partial charge on any atom is -0.380 e. The van der Waals surface area contributed by atoms with Gasteiger partial charge in [-0.3, -0.25) is 9.88 Å². The smallest absolute Gasteiger partial charge is 0.0915 e. The number of benzene rings is 1. The number of ether oxygens (including phenoxy) is 2. The third-order valence-electron chi connectivity index (χ3n) is 13.0. The van der Waals surface area contributed by atoms with Crippen molar-refractivity contribution in [2.24, 2.45) is 22.7 Å². The van der Waals surface area contributed by atoms with Gasteiger partial charge in [-0.15, -0.1) is 0 Å². The Labute approximate surface area is 227 Å². The van der Waals surface area contributed by atoms with Gasteiger partial charge in [0.25, 0.3) is 0 Å². The molecule has 4 aliphatic heterocycles. The molecule has 3 spiro atoms. The fourth-order valence-corrected chi connectivity index (χ4v) is 11.0. The molecule has 9 rings (SSSR count). The van der Waals surface area contributed by atoms with E-state index in [0.717, 1.165) is 13.2 Å². The SMILES string of the molecule is CC12CCC3C=C4CC[C@@H](N5CCC6(COC6)C5)C[C@]45CC[C@]3(O5)[C@@H]1CCC2c1ccc2ccncc2c1. The Morgan fingerprint density at radius 2 is 1.92 bits per heavy atom. The lowest BCUT2D eigenvalue weighted by molar-refractivity contribution is -0.198. The number of fused-ring (bicyclic) bond motifs is 2. The van der Waals surface area contributed by atoms with Gasteiger partial charge < -0.3 is 9.47 Å². The molecule has 2 aromatic rings. The molecule has 7 atom stereocenters. The first-order valence-corrected chi connectivity index (χ1v) is 15.6. The van der Waals surface area contributed by atoms with Gasteiger partial charge in [0.15, 0.2) is 0 Å². The molecule has 2 bridgehead atoms. The number of hydrogen-bond acceptors (Lipinski definition) is 4. The van der Waals surface area contributed by atoms with E-state index in [0.29, 0.717) is 34.6 Å². The van der Waals surface area contributed by atoms with Crippen molar-refractivity contribution in [3.05, 3.63) is 53.9 Å². The Morgan fingerprint density at radius 3 is 2.79 bits per heavy atom. The highest BCUT2D eigenvalue weighted by atomic mass is 16.5. The van der Waals surface area contributed by atoms with Crippen LogP contribution >= 0.6 is 0 Å². The minimum absolute atomic E-state index is 0.0240. The molecule has 38 heavy (non-hydrogen) atoms. The summed E-state index contributed by atoms with van der Waals surface area (Å²) < 4.78 is 13.3. The summed E-state index contributed by atoms with van der Waals surface area (Å²) in [6.45, 7) is 7.13. The second-order valence-electron chi connectivity index (χ2n) is 14.7. The van der Waals surface area contributed by atoms with Gasteiger partial charge in [0.05, 0.1) is 24.4 Å². The first-order chi connectivity index (χ1) is 18.5. The highest BCUT2D eigenvalue weighted by molar-refractivity contribution is 5.82. The molecule has 6 fully saturated rings. The third-order valence-corrected chi connectivity index (χ3v) is 13.0. The second kappa shape index (κ2) is 7.71. The molecule has 7 aliphatic rings.